The van der Waals surface area contributed by atoms with Crippen LogP contribution < -0.4 is 0 Å². The lowest BCUT2D eigenvalue weighted by atomic mass is 9.67. The first-order valence-corrected chi connectivity index (χ1v) is 19.2. The fraction of sp³-hybridized carbons (Fsp3) is 0.0196. The van der Waals surface area contributed by atoms with Crippen molar-refractivity contribution in [3.63, 3.8) is 0 Å². The Morgan fingerprint density at radius 1 is 0.333 bits per heavy atom. The van der Waals surface area contributed by atoms with Gasteiger partial charge < -0.3 is 0 Å². The van der Waals surface area contributed by atoms with Gasteiger partial charge in [-0.25, -0.2) is 9.97 Å². The Morgan fingerprint density at radius 2 is 0.833 bits per heavy atom. The van der Waals surface area contributed by atoms with Crippen molar-refractivity contribution >= 4 is 22.5 Å². The van der Waals surface area contributed by atoms with E-state index in [0.29, 0.717) is 0 Å². The zero-order valence-corrected chi connectivity index (χ0v) is 30.1. The third kappa shape index (κ3) is 4.75. The topological polar surface area (TPSA) is 25.8 Å². The molecule has 1 aliphatic carbocycles. The molecule has 54 heavy (non-hydrogen) atoms. The largest absolute Gasteiger partial charge is 0.228 e. The second-order valence-electron chi connectivity index (χ2n) is 14.1. The SMILES string of the molecule is c1ccc(-c2cc(-c3ccc(-c4ccc5c(c4)Sc4cc6ccccc6cc4C54c5ccccc5-c5ccccc54)cc3)nc(-c3ccccc3)n2)cc1. The standard InChI is InChI=1S/C51H32N2S/c1-3-13-34(14-4-1)46-32-47(53-50(52-46)36-15-5-2-6-16-36)35-25-23-33(24-26-35)39-27-28-44-48(31-39)54-49-30-38-18-8-7-17-37(38)29-45(49)51(44)42-21-11-9-19-40(42)41-20-10-12-22-43(41)51/h1-32H. The molecule has 0 unspecified atom stereocenters. The van der Waals surface area contributed by atoms with E-state index in [1.807, 2.05) is 36.0 Å². The van der Waals surface area contributed by atoms with Gasteiger partial charge >= 0.3 is 0 Å². The van der Waals surface area contributed by atoms with Gasteiger partial charge in [0, 0.05) is 26.5 Å². The third-order valence-electron chi connectivity index (χ3n) is 11.2. The van der Waals surface area contributed by atoms with Crippen LogP contribution in [0.2, 0.25) is 0 Å². The van der Waals surface area contributed by atoms with E-state index in [9.17, 15) is 0 Å². The predicted octanol–water partition coefficient (Wildman–Crippen LogP) is 13.1. The van der Waals surface area contributed by atoms with E-state index in [0.717, 1.165) is 33.9 Å². The molecule has 9 aromatic rings. The molecule has 252 valence electrons. The smallest absolute Gasteiger partial charge is 0.160 e. The molecule has 1 aromatic heterocycles. The van der Waals surface area contributed by atoms with Crippen molar-refractivity contribution in [3.05, 3.63) is 216 Å². The molecule has 0 radical (unpaired) electrons. The lowest BCUT2D eigenvalue weighted by molar-refractivity contribution is 0.724. The number of fused-ring (bicyclic) bond motifs is 10. The maximum absolute atomic E-state index is 5.07. The van der Waals surface area contributed by atoms with Gasteiger partial charge in [0.25, 0.3) is 0 Å². The Kier molecular flexibility index (Phi) is 7.05. The third-order valence-corrected chi connectivity index (χ3v) is 12.3. The fourth-order valence-corrected chi connectivity index (χ4v) is 9.94. The summed E-state index contributed by atoms with van der Waals surface area (Å²) < 4.78 is 0. The van der Waals surface area contributed by atoms with Gasteiger partial charge in [-0.2, -0.15) is 0 Å². The normalized spacial score (nSPS) is 13.3. The average molecular weight is 705 g/mol. The van der Waals surface area contributed by atoms with Crippen molar-refractivity contribution in [2.45, 2.75) is 15.2 Å². The summed E-state index contributed by atoms with van der Waals surface area (Å²) >= 11 is 1.90. The van der Waals surface area contributed by atoms with E-state index in [1.54, 1.807) is 0 Å². The van der Waals surface area contributed by atoms with Gasteiger partial charge in [0.15, 0.2) is 5.82 Å². The molecular formula is C51H32N2S. The van der Waals surface area contributed by atoms with Crippen molar-refractivity contribution < 1.29 is 0 Å². The quantitative estimate of drug-likeness (QED) is 0.182. The minimum Gasteiger partial charge on any atom is -0.228 e. The van der Waals surface area contributed by atoms with Gasteiger partial charge in [-0.05, 0) is 79.5 Å². The Hall–Kier alpha value is -6.55. The molecule has 11 rings (SSSR count). The van der Waals surface area contributed by atoms with Crippen LogP contribution in [0.1, 0.15) is 22.3 Å². The van der Waals surface area contributed by atoms with Crippen molar-refractivity contribution in [2.24, 2.45) is 0 Å². The summed E-state index contributed by atoms with van der Waals surface area (Å²) in [5, 5.41) is 2.54. The Balaban J connectivity index is 1.04. The van der Waals surface area contributed by atoms with E-state index in [4.69, 9.17) is 9.97 Å². The Labute approximate surface area is 318 Å². The lowest BCUT2D eigenvalue weighted by Gasteiger charge is -2.40. The highest BCUT2D eigenvalue weighted by Crippen LogP contribution is 2.62. The summed E-state index contributed by atoms with van der Waals surface area (Å²) in [6.07, 6.45) is 0. The summed E-state index contributed by atoms with van der Waals surface area (Å²) in [7, 11) is 0. The maximum Gasteiger partial charge on any atom is 0.160 e. The Bertz CT molecular complexity index is 2790. The zero-order chi connectivity index (χ0) is 35.6. The first-order chi connectivity index (χ1) is 26.7. The van der Waals surface area contributed by atoms with Crippen molar-refractivity contribution in [2.75, 3.05) is 0 Å². The van der Waals surface area contributed by atoms with Crippen LogP contribution in [0.5, 0.6) is 0 Å². The maximum atomic E-state index is 5.07. The van der Waals surface area contributed by atoms with Crippen LogP contribution >= 0.6 is 11.8 Å². The monoisotopic (exact) mass is 704 g/mol. The summed E-state index contributed by atoms with van der Waals surface area (Å²) in [6.45, 7) is 0. The molecule has 0 N–H and O–H groups in total. The van der Waals surface area contributed by atoms with Crippen LogP contribution in [0.4, 0.5) is 0 Å². The molecular weight excluding hydrogens is 673 g/mol. The van der Waals surface area contributed by atoms with Crippen LogP contribution in [0.3, 0.4) is 0 Å². The van der Waals surface area contributed by atoms with Gasteiger partial charge in [-0.15, -0.1) is 0 Å². The second kappa shape index (κ2) is 12.3. The van der Waals surface area contributed by atoms with Crippen molar-refractivity contribution in [1.82, 2.24) is 9.97 Å². The minimum absolute atomic E-state index is 0.407. The summed E-state index contributed by atoms with van der Waals surface area (Å²) in [5.74, 6) is 0.722. The molecule has 0 saturated heterocycles. The molecule has 1 aliphatic heterocycles. The molecule has 0 saturated carbocycles. The van der Waals surface area contributed by atoms with E-state index in [2.05, 4.69) is 170 Å². The summed E-state index contributed by atoms with van der Waals surface area (Å²) in [6, 6.07) is 70.3. The molecule has 0 atom stereocenters. The van der Waals surface area contributed by atoms with Gasteiger partial charge in [-0.3, -0.25) is 0 Å². The van der Waals surface area contributed by atoms with Gasteiger partial charge in [-0.1, -0.05) is 182 Å². The zero-order valence-electron chi connectivity index (χ0n) is 29.3. The predicted molar refractivity (Wildman–Crippen MR) is 223 cm³/mol. The van der Waals surface area contributed by atoms with Crippen LogP contribution in [-0.2, 0) is 5.41 Å². The van der Waals surface area contributed by atoms with E-state index < -0.39 is 5.41 Å². The van der Waals surface area contributed by atoms with E-state index in [-0.39, 0.29) is 0 Å². The number of rotatable bonds is 4. The highest BCUT2D eigenvalue weighted by Gasteiger charge is 2.50. The highest BCUT2D eigenvalue weighted by molar-refractivity contribution is 7.99. The second-order valence-corrected chi connectivity index (χ2v) is 15.2. The summed E-state index contributed by atoms with van der Waals surface area (Å²) in [4.78, 5) is 12.7. The van der Waals surface area contributed by atoms with E-state index >= 15 is 0 Å². The van der Waals surface area contributed by atoms with Gasteiger partial charge in [0.05, 0.1) is 16.8 Å². The first-order valence-electron chi connectivity index (χ1n) is 18.4. The molecule has 2 heterocycles. The van der Waals surface area contributed by atoms with Crippen molar-refractivity contribution in [1.29, 1.82) is 0 Å². The average Bonchev–Trinajstić information content (AvgIpc) is 3.54. The number of benzene rings is 8. The van der Waals surface area contributed by atoms with Crippen LogP contribution in [-0.4, -0.2) is 9.97 Å². The number of hydrogen-bond donors (Lipinski definition) is 0. The number of nitrogens with zero attached hydrogens (tertiary/aromatic N) is 2. The first kappa shape index (κ1) is 31.0. The van der Waals surface area contributed by atoms with Crippen LogP contribution in [0, 0.1) is 0 Å². The number of hydrogen-bond acceptors (Lipinski definition) is 3. The van der Waals surface area contributed by atoms with Crippen LogP contribution in [0.15, 0.2) is 204 Å². The molecule has 3 heteroatoms. The molecule has 0 amide bonds. The molecule has 2 nitrogen and oxygen atoms in total. The van der Waals surface area contributed by atoms with Gasteiger partial charge in [0.2, 0.25) is 0 Å². The minimum atomic E-state index is -0.407. The van der Waals surface area contributed by atoms with Crippen LogP contribution in [0.25, 0.3) is 66.9 Å². The molecule has 0 fully saturated rings. The number of aromatic nitrogens is 2. The molecule has 8 aromatic carbocycles. The molecule has 2 aliphatic rings. The molecule has 1 spiro atoms. The highest BCUT2D eigenvalue weighted by atomic mass is 32.2. The lowest BCUT2D eigenvalue weighted by Crippen LogP contribution is -2.32. The molecule has 0 bridgehead atoms. The fourth-order valence-electron chi connectivity index (χ4n) is 8.67. The van der Waals surface area contributed by atoms with Gasteiger partial charge in [0.1, 0.15) is 0 Å². The Morgan fingerprint density at radius 3 is 1.50 bits per heavy atom. The van der Waals surface area contributed by atoms with E-state index in [1.165, 1.54) is 65.1 Å². The summed E-state index contributed by atoms with van der Waals surface area (Å²) in [5.41, 5.74) is 15.0. The van der Waals surface area contributed by atoms with Crippen molar-refractivity contribution in [3.8, 4) is 56.2 Å².